The molecule has 2 aromatic carbocycles. The molecule has 4 N–H and O–H groups in total. The van der Waals surface area contributed by atoms with E-state index in [2.05, 4.69) is 30.5 Å². The number of benzene rings is 2. The smallest absolute Gasteiger partial charge is 0.417 e. The molecule has 3 saturated heterocycles. The Morgan fingerprint density at radius 1 is 1.07 bits per heavy atom. The number of aromatic nitrogens is 3. The van der Waals surface area contributed by atoms with Gasteiger partial charge in [-0.15, -0.1) is 0 Å². The number of thiazole rings is 1. The van der Waals surface area contributed by atoms with Crippen molar-refractivity contribution in [3.8, 4) is 17.1 Å². The molecular formula is C31H32F5N7OS. The minimum absolute atomic E-state index is 0.0427. The number of nitrogens with two attached hydrogens (primary N) is 1. The molecule has 1 aliphatic carbocycles. The molecule has 238 valence electrons. The second kappa shape index (κ2) is 10.3. The molecule has 8 nitrogen and oxygen atoms in total. The van der Waals surface area contributed by atoms with E-state index in [4.69, 9.17) is 10.5 Å². The van der Waals surface area contributed by atoms with E-state index < -0.39 is 28.9 Å². The molecule has 5 heterocycles. The number of hydrogen-bond donors (Lipinski definition) is 3. The van der Waals surface area contributed by atoms with Gasteiger partial charge < -0.3 is 21.1 Å². The summed E-state index contributed by atoms with van der Waals surface area (Å²) in [7, 11) is 0. The fourth-order valence-corrected chi connectivity index (χ4v) is 8.81. The molecule has 45 heavy (non-hydrogen) atoms. The van der Waals surface area contributed by atoms with Crippen LogP contribution in [0.15, 0.2) is 18.2 Å². The molecule has 4 aliphatic rings. The average molecular weight is 646 g/mol. The number of anilines is 2. The zero-order valence-corrected chi connectivity index (χ0v) is 25.2. The van der Waals surface area contributed by atoms with E-state index in [9.17, 15) is 17.6 Å². The Morgan fingerprint density at radius 2 is 1.84 bits per heavy atom. The molecule has 1 atom stereocenters. The first kappa shape index (κ1) is 29.1. The maximum absolute atomic E-state index is 16.8. The SMILES string of the molecule is Nc1nc2c(-c3c(C(F)(F)F)cc4c(NC5CCC6(CNC6)C5)nc(OCC56CCCN5CCC6)nc4c3F)ccc(F)c2s1. The van der Waals surface area contributed by atoms with E-state index >= 15 is 4.39 Å². The lowest BCUT2D eigenvalue weighted by Gasteiger charge is -2.39. The van der Waals surface area contributed by atoms with Crippen molar-refractivity contribution in [3.05, 3.63) is 35.4 Å². The van der Waals surface area contributed by atoms with Gasteiger partial charge in [-0.1, -0.05) is 11.3 Å². The molecule has 4 fully saturated rings. The van der Waals surface area contributed by atoms with Crippen LogP contribution in [0.5, 0.6) is 6.01 Å². The molecule has 0 bridgehead atoms. The van der Waals surface area contributed by atoms with E-state index in [1.54, 1.807) is 0 Å². The predicted octanol–water partition coefficient (Wildman–Crippen LogP) is 6.35. The summed E-state index contributed by atoms with van der Waals surface area (Å²) in [6, 6.07) is 2.84. The zero-order valence-electron chi connectivity index (χ0n) is 24.4. The molecular weight excluding hydrogens is 613 g/mol. The second-order valence-electron chi connectivity index (χ2n) is 13.1. The van der Waals surface area contributed by atoms with Gasteiger partial charge >= 0.3 is 12.2 Å². The van der Waals surface area contributed by atoms with Crippen molar-refractivity contribution >= 4 is 43.4 Å². The quantitative estimate of drug-likeness (QED) is 0.209. The minimum atomic E-state index is -4.96. The Balaban J connectivity index is 1.28. The average Bonchev–Trinajstić information content (AvgIpc) is 3.75. The van der Waals surface area contributed by atoms with Crippen molar-refractivity contribution in [3.63, 3.8) is 0 Å². The summed E-state index contributed by atoms with van der Waals surface area (Å²) < 4.78 is 81.7. The minimum Gasteiger partial charge on any atom is -0.461 e. The second-order valence-corrected chi connectivity index (χ2v) is 14.1. The Kier molecular flexibility index (Phi) is 6.67. The first-order valence-corrected chi connectivity index (χ1v) is 16.2. The standard InChI is InChI=1S/C31H32F5N7OS/c32-20-4-3-17(24-25(20)45-27(37)40-24)21-19(31(34,35)36)11-18-23(22(21)33)41-28(44-15-30-6-1-9-43(30)10-2-7-30)42-26(18)39-16-5-8-29(12-16)13-38-14-29/h3-4,11,16,38H,1-2,5-10,12-15H2,(H2,37,40)(H,39,41,42). The number of halogens is 5. The van der Waals surface area contributed by atoms with Crippen LogP contribution >= 0.6 is 11.3 Å². The molecule has 1 saturated carbocycles. The highest BCUT2D eigenvalue weighted by Crippen LogP contribution is 2.47. The van der Waals surface area contributed by atoms with E-state index in [0.717, 1.165) is 101 Å². The summed E-state index contributed by atoms with van der Waals surface area (Å²) in [5, 5.41) is 6.52. The number of rotatable bonds is 6. The Labute approximate surface area is 259 Å². The normalized spacial score (nSPS) is 22.4. The Morgan fingerprint density at radius 3 is 2.53 bits per heavy atom. The molecule has 2 aromatic heterocycles. The number of fused-ring (bicyclic) bond motifs is 3. The third-order valence-corrected chi connectivity index (χ3v) is 11.2. The highest BCUT2D eigenvalue weighted by molar-refractivity contribution is 7.22. The van der Waals surface area contributed by atoms with Crippen molar-refractivity contribution in [1.82, 2.24) is 25.2 Å². The largest absolute Gasteiger partial charge is 0.461 e. The molecule has 14 heteroatoms. The summed E-state index contributed by atoms with van der Waals surface area (Å²) in [4.78, 5) is 15.4. The Hall–Kier alpha value is -3.36. The Bertz CT molecular complexity index is 1810. The highest BCUT2D eigenvalue weighted by atomic mass is 32.1. The maximum Gasteiger partial charge on any atom is 0.417 e. The summed E-state index contributed by atoms with van der Waals surface area (Å²) in [6.07, 6.45) is 1.70. The number of nitrogens with one attached hydrogen (secondary N) is 2. The van der Waals surface area contributed by atoms with Crippen LogP contribution < -0.4 is 21.1 Å². The van der Waals surface area contributed by atoms with Crippen molar-refractivity contribution in [2.45, 2.75) is 62.7 Å². The van der Waals surface area contributed by atoms with Crippen LogP contribution in [0.1, 0.15) is 50.5 Å². The molecule has 0 radical (unpaired) electrons. The third-order valence-electron chi connectivity index (χ3n) is 10.3. The first-order valence-electron chi connectivity index (χ1n) is 15.4. The summed E-state index contributed by atoms with van der Waals surface area (Å²) in [6.45, 7) is 4.07. The van der Waals surface area contributed by atoms with E-state index in [-0.39, 0.29) is 60.6 Å². The number of hydrogen-bond acceptors (Lipinski definition) is 9. The fraction of sp³-hybridized carbons (Fsp3) is 0.516. The lowest BCUT2D eigenvalue weighted by atomic mass is 9.80. The van der Waals surface area contributed by atoms with Crippen LogP contribution in [-0.4, -0.2) is 64.2 Å². The van der Waals surface area contributed by atoms with E-state index in [1.165, 1.54) is 0 Å². The van der Waals surface area contributed by atoms with Gasteiger partial charge in [-0.05, 0) is 81.6 Å². The molecule has 1 unspecified atom stereocenters. The van der Waals surface area contributed by atoms with Crippen molar-refractivity contribution in [1.29, 1.82) is 0 Å². The van der Waals surface area contributed by atoms with Crippen molar-refractivity contribution in [2.75, 3.05) is 43.8 Å². The number of alkyl halides is 3. The molecule has 4 aromatic rings. The van der Waals surface area contributed by atoms with Crippen LogP contribution in [0.25, 0.3) is 32.2 Å². The molecule has 0 amide bonds. The highest BCUT2D eigenvalue weighted by Gasteiger charge is 2.46. The van der Waals surface area contributed by atoms with E-state index in [1.807, 2.05) is 0 Å². The number of ether oxygens (including phenoxy) is 1. The van der Waals surface area contributed by atoms with Gasteiger partial charge in [-0.25, -0.2) is 13.8 Å². The van der Waals surface area contributed by atoms with Crippen molar-refractivity contribution < 1.29 is 26.7 Å². The maximum atomic E-state index is 16.8. The lowest BCUT2D eigenvalue weighted by molar-refractivity contribution is -0.137. The van der Waals surface area contributed by atoms with Crippen LogP contribution in [0.2, 0.25) is 0 Å². The lowest BCUT2D eigenvalue weighted by Crippen LogP contribution is -2.52. The topological polar surface area (TPSA) is 101 Å². The van der Waals surface area contributed by atoms with E-state index in [0.29, 0.717) is 6.61 Å². The predicted molar refractivity (Wildman–Crippen MR) is 162 cm³/mol. The number of nitrogen functional groups attached to an aromatic ring is 1. The van der Waals surface area contributed by atoms with Crippen LogP contribution in [0, 0.1) is 17.0 Å². The first-order chi connectivity index (χ1) is 21.5. The molecule has 1 spiro atoms. The van der Waals surface area contributed by atoms with Gasteiger partial charge in [0.25, 0.3) is 0 Å². The fourth-order valence-electron chi connectivity index (χ4n) is 8.04. The summed E-state index contributed by atoms with van der Waals surface area (Å²) in [5.41, 5.74) is 3.15. The third kappa shape index (κ3) is 4.78. The molecule has 8 rings (SSSR count). The van der Waals surface area contributed by atoms with Gasteiger partial charge in [0.05, 0.1) is 21.3 Å². The van der Waals surface area contributed by atoms with Crippen LogP contribution in [-0.2, 0) is 6.18 Å². The van der Waals surface area contributed by atoms with Gasteiger partial charge in [-0.3, -0.25) is 4.90 Å². The van der Waals surface area contributed by atoms with Gasteiger partial charge in [0.2, 0.25) is 0 Å². The van der Waals surface area contributed by atoms with Gasteiger partial charge in [0, 0.05) is 35.6 Å². The van der Waals surface area contributed by atoms with Crippen molar-refractivity contribution in [2.24, 2.45) is 5.41 Å². The van der Waals surface area contributed by atoms with Crippen LogP contribution in [0.3, 0.4) is 0 Å². The molecule has 3 aliphatic heterocycles. The monoisotopic (exact) mass is 645 g/mol. The van der Waals surface area contributed by atoms with Crippen LogP contribution in [0.4, 0.5) is 32.9 Å². The van der Waals surface area contributed by atoms with Gasteiger partial charge in [-0.2, -0.15) is 23.1 Å². The number of nitrogens with zero attached hydrogens (tertiary/aromatic N) is 4. The summed E-state index contributed by atoms with van der Waals surface area (Å²) >= 11 is 0.789. The van der Waals surface area contributed by atoms with Gasteiger partial charge in [0.15, 0.2) is 10.9 Å². The zero-order chi connectivity index (χ0) is 31.1. The van der Waals surface area contributed by atoms with Gasteiger partial charge in [0.1, 0.15) is 23.8 Å². The summed E-state index contributed by atoms with van der Waals surface area (Å²) in [5.74, 6) is -1.80.